The van der Waals surface area contributed by atoms with Gasteiger partial charge in [-0.05, 0) is 43.7 Å². The van der Waals surface area contributed by atoms with Gasteiger partial charge in [0.05, 0.1) is 0 Å². The second kappa shape index (κ2) is 7.30. The largest absolute Gasteiger partial charge is 0.369 e. The van der Waals surface area contributed by atoms with Crippen LogP contribution in [0.5, 0.6) is 0 Å². The van der Waals surface area contributed by atoms with Crippen molar-refractivity contribution in [3.05, 3.63) is 48.1 Å². The normalized spacial score (nSPS) is 17.9. The maximum absolute atomic E-state index is 2.47. The highest BCUT2D eigenvalue weighted by Crippen LogP contribution is 2.22. The summed E-state index contributed by atoms with van der Waals surface area (Å²) in [5.41, 5.74) is 3.97. The van der Waals surface area contributed by atoms with Crippen LogP contribution >= 0.6 is 0 Å². The van der Waals surface area contributed by atoms with Crippen LogP contribution in [0.15, 0.2) is 42.5 Å². The molecule has 1 saturated heterocycles. The third kappa shape index (κ3) is 3.73. The molecule has 0 N–H and O–H groups in total. The standard InChI is InChI=1S/C18H26N2/c1-4-6-16(7-5-2)17-8-10-18(11-9-17)20-14-12-19(3)13-15-20/h4,6-11H,5,12-15H2,1-3H3. The lowest BCUT2D eigenvalue weighted by Gasteiger charge is -2.34. The van der Waals surface area contributed by atoms with Gasteiger partial charge in [0.25, 0.3) is 0 Å². The van der Waals surface area contributed by atoms with E-state index in [2.05, 4.69) is 73.2 Å². The first kappa shape index (κ1) is 14.9. The van der Waals surface area contributed by atoms with Gasteiger partial charge in [-0.15, -0.1) is 0 Å². The van der Waals surface area contributed by atoms with Crippen LogP contribution < -0.4 is 4.90 Å². The third-order valence-electron chi connectivity index (χ3n) is 3.84. The smallest absolute Gasteiger partial charge is 0.0367 e. The van der Waals surface area contributed by atoms with Gasteiger partial charge in [-0.3, -0.25) is 0 Å². The van der Waals surface area contributed by atoms with Crippen LogP contribution in [0.1, 0.15) is 25.8 Å². The molecule has 0 bridgehead atoms. The molecule has 2 rings (SSSR count). The molecule has 0 unspecified atom stereocenters. The molecule has 20 heavy (non-hydrogen) atoms. The highest BCUT2D eigenvalue weighted by Gasteiger charge is 2.13. The molecule has 0 radical (unpaired) electrons. The Bertz CT molecular complexity index is 463. The summed E-state index contributed by atoms with van der Waals surface area (Å²) in [6.07, 6.45) is 7.65. The van der Waals surface area contributed by atoms with Crippen molar-refractivity contribution in [1.29, 1.82) is 0 Å². The predicted octanol–water partition coefficient (Wildman–Crippen LogP) is 3.81. The Morgan fingerprint density at radius 1 is 1.10 bits per heavy atom. The molecule has 1 aliphatic heterocycles. The summed E-state index contributed by atoms with van der Waals surface area (Å²) in [7, 11) is 2.19. The van der Waals surface area contributed by atoms with Crippen molar-refractivity contribution in [2.75, 3.05) is 38.1 Å². The summed E-state index contributed by atoms with van der Waals surface area (Å²) in [5, 5.41) is 0. The fourth-order valence-corrected chi connectivity index (χ4v) is 2.61. The number of hydrogen-bond acceptors (Lipinski definition) is 2. The molecule has 2 heteroatoms. The zero-order valence-corrected chi connectivity index (χ0v) is 13.0. The highest BCUT2D eigenvalue weighted by atomic mass is 15.2. The lowest BCUT2D eigenvalue weighted by atomic mass is 10.0. The van der Waals surface area contributed by atoms with Crippen molar-refractivity contribution in [3.8, 4) is 0 Å². The second-order valence-electron chi connectivity index (χ2n) is 5.40. The van der Waals surface area contributed by atoms with Crippen molar-refractivity contribution >= 4 is 11.3 Å². The molecule has 0 atom stereocenters. The number of piperazine rings is 1. The molecule has 0 spiro atoms. The summed E-state index contributed by atoms with van der Waals surface area (Å²) in [4.78, 5) is 4.86. The van der Waals surface area contributed by atoms with Crippen LogP contribution in [0.2, 0.25) is 0 Å². The first-order valence-corrected chi connectivity index (χ1v) is 7.61. The topological polar surface area (TPSA) is 6.48 Å². The average molecular weight is 270 g/mol. The van der Waals surface area contributed by atoms with Gasteiger partial charge in [0.2, 0.25) is 0 Å². The van der Waals surface area contributed by atoms with E-state index in [1.54, 1.807) is 0 Å². The molecular formula is C18H26N2. The summed E-state index contributed by atoms with van der Waals surface area (Å²) < 4.78 is 0. The Labute approximate surface area is 123 Å². The van der Waals surface area contributed by atoms with Gasteiger partial charge in [0, 0.05) is 31.9 Å². The van der Waals surface area contributed by atoms with Crippen LogP contribution in [0.3, 0.4) is 0 Å². The lowest BCUT2D eigenvalue weighted by Crippen LogP contribution is -2.44. The van der Waals surface area contributed by atoms with Crippen LogP contribution in [0.25, 0.3) is 5.57 Å². The number of hydrogen-bond donors (Lipinski definition) is 0. The first-order chi connectivity index (χ1) is 9.74. The zero-order valence-electron chi connectivity index (χ0n) is 13.0. The molecule has 1 aromatic rings. The van der Waals surface area contributed by atoms with Crippen molar-refractivity contribution in [3.63, 3.8) is 0 Å². The fraction of sp³-hybridized carbons (Fsp3) is 0.444. The Kier molecular flexibility index (Phi) is 5.42. The molecule has 108 valence electrons. The van der Waals surface area contributed by atoms with E-state index < -0.39 is 0 Å². The minimum Gasteiger partial charge on any atom is -0.369 e. The quantitative estimate of drug-likeness (QED) is 0.768. The Morgan fingerprint density at radius 2 is 1.75 bits per heavy atom. The number of allylic oxidation sites excluding steroid dienone is 4. The van der Waals surface area contributed by atoms with Crippen LogP contribution in [0.4, 0.5) is 5.69 Å². The maximum Gasteiger partial charge on any atom is 0.0367 e. The van der Waals surface area contributed by atoms with Gasteiger partial charge in [0.1, 0.15) is 0 Å². The summed E-state index contributed by atoms with van der Waals surface area (Å²) >= 11 is 0. The van der Waals surface area contributed by atoms with Crippen LogP contribution in [0, 0.1) is 0 Å². The second-order valence-corrected chi connectivity index (χ2v) is 5.40. The summed E-state index contributed by atoms with van der Waals surface area (Å²) in [6.45, 7) is 8.82. The molecular weight excluding hydrogens is 244 g/mol. The molecule has 0 aromatic heterocycles. The number of rotatable bonds is 4. The number of benzene rings is 1. The van der Waals surface area contributed by atoms with E-state index in [0.717, 1.165) is 32.6 Å². The fourth-order valence-electron chi connectivity index (χ4n) is 2.61. The van der Waals surface area contributed by atoms with E-state index in [1.807, 2.05) is 0 Å². The molecule has 1 fully saturated rings. The molecule has 1 aliphatic rings. The van der Waals surface area contributed by atoms with Gasteiger partial charge in [-0.1, -0.05) is 37.3 Å². The SMILES string of the molecule is CC=CC(=CCC)c1ccc(N2CCN(C)CC2)cc1. The zero-order chi connectivity index (χ0) is 14.4. The third-order valence-corrected chi connectivity index (χ3v) is 3.84. The van der Waals surface area contributed by atoms with E-state index in [9.17, 15) is 0 Å². The Balaban J connectivity index is 2.11. The Hall–Kier alpha value is -1.54. The van der Waals surface area contributed by atoms with Gasteiger partial charge < -0.3 is 9.80 Å². The lowest BCUT2D eigenvalue weighted by molar-refractivity contribution is 0.313. The van der Waals surface area contributed by atoms with Gasteiger partial charge in [0.15, 0.2) is 0 Å². The summed E-state index contributed by atoms with van der Waals surface area (Å²) in [5.74, 6) is 0. The minimum atomic E-state index is 1.07. The van der Waals surface area contributed by atoms with Gasteiger partial charge in [-0.25, -0.2) is 0 Å². The van der Waals surface area contributed by atoms with E-state index in [4.69, 9.17) is 0 Å². The molecule has 0 aliphatic carbocycles. The van der Waals surface area contributed by atoms with Crippen molar-refractivity contribution in [2.24, 2.45) is 0 Å². The highest BCUT2D eigenvalue weighted by molar-refractivity contribution is 5.74. The number of likely N-dealkylation sites (N-methyl/N-ethyl adjacent to an activating group) is 1. The van der Waals surface area contributed by atoms with Crippen molar-refractivity contribution in [1.82, 2.24) is 4.90 Å². The maximum atomic E-state index is 2.47. The number of nitrogens with zero attached hydrogens (tertiary/aromatic N) is 2. The Morgan fingerprint density at radius 3 is 2.30 bits per heavy atom. The van der Waals surface area contributed by atoms with E-state index >= 15 is 0 Å². The van der Waals surface area contributed by atoms with Crippen LogP contribution in [-0.4, -0.2) is 38.1 Å². The predicted molar refractivity (Wildman–Crippen MR) is 89.2 cm³/mol. The minimum absolute atomic E-state index is 1.07. The average Bonchev–Trinajstić information content (AvgIpc) is 2.48. The van der Waals surface area contributed by atoms with Gasteiger partial charge in [-0.2, -0.15) is 0 Å². The van der Waals surface area contributed by atoms with Gasteiger partial charge >= 0.3 is 0 Å². The van der Waals surface area contributed by atoms with E-state index in [0.29, 0.717) is 0 Å². The van der Waals surface area contributed by atoms with Crippen molar-refractivity contribution in [2.45, 2.75) is 20.3 Å². The molecule has 0 amide bonds. The first-order valence-electron chi connectivity index (χ1n) is 7.61. The summed E-state index contributed by atoms with van der Waals surface area (Å²) in [6, 6.07) is 9.01. The van der Waals surface area contributed by atoms with E-state index in [1.165, 1.54) is 16.8 Å². The van der Waals surface area contributed by atoms with E-state index in [-0.39, 0.29) is 0 Å². The monoisotopic (exact) mass is 270 g/mol. The number of anilines is 1. The van der Waals surface area contributed by atoms with Crippen molar-refractivity contribution < 1.29 is 0 Å². The molecule has 0 saturated carbocycles. The molecule has 2 nitrogen and oxygen atoms in total. The van der Waals surface area contributed by atoms with Crippen LogP contribution in [-0.2, 0) is 0 Å². The molecule has 1 heterocycles. The molecule has 1 aromatic carbocycles.